The fourth-order valence-corrected chi connectivity index (χ4v) is 1.27. The number of hydrogen-bond acceptors (Lipinski definition) is 0. The van der Waals surface area contributed by atoms with Crippen molar-refractivity contribution in [1.29, 1.82) is 0 Å². The molecule has 0 fully saturated rings. The summed E-state index contributed by atoms with van der Waals surface area (Å²) in [5.74, 6) is 0. The van der Waals surface area contributed by atoms with Gasteiger partial charge in [0.1, 0.15) is 0 Å². The van der Waals surface area contributed by atoms with Crippen LogP contribution in [-0.2, 0) is 0 Å². The highest BCUT2D eigenvalue weighted by Crippen LogP contribution is 2.06. The lowest BCUT2D eigenvalue weighted by Gasteiger charge is -1.95. The number of rotatable bonds is 8. The van der Waals surface area contributed by atoms with Gasteiger partial charge in [0.25, 0.3) is 0 Å². The van der Waals surface area contributed by atoms with E-state index >= 15 is 0 Å². The zero-order valence-electron chi connectivity index (χ0n) is 10.6. The molecule has 0 unspecified atom stereocenters. The molecule has 0 N–H and O–H groups in total. The minimum absolute atomic E-state index is 1.18. The summed E-state index contributed by atoms with van der Waals surface area (Å²) < 4.78 is 0. The zero-order chi connectivity index (χ0) is 11.4. The lowest BCUT2D eigenvalue weighted by Crippen LogP contribution is -1.74. The summed E-state index contributed by atoms with van der Waals surface area (Å²) in [5, 5.41) is 0. The molecule has 0 atom stereocenters. The van der Waals surface area contributed by atoms with E-state index < -0.39 is 0 Å². The number of unbranched alkanes of at least 4 members (excludes halogenated alkanes) is 3. The summed E-state index contributed by atoms with van der Waals surface area (Å²) in [7, 11) is 0. The first kappa shape index (κ1) is 14.2. The van der Waals surface area contributed by atoms with Crippen LogP contribution in [-0.4, -0.2) is 0 Å². The molecule has 0 heteroatoms. The quantitative estimate of drug-likeness (QED) is 0.465. The van der Waals surface area contributed by atoms with Crippen molar-refractivity contribution in [2.75, 3.05) is 0 Å². The molecule has 0 aromatic carbocycles. The van der Waals surface area contributed by atoms with Gasteiger partial charge in [-0.15, -0.1) is 0 Å². The highest BCUT2D eigenvalue weighted by molar-refractivity contribution is 5.30. The van der Waals surface area contributed by atoms with Crippen LogP contribution in [0.25, 0.3) is 0 Å². The molecular weight excluding hydrogens is 180 g/mol. The minimum Gasteiger partial charge on any atom is -0.0840 e. The monoisotopic (exact) mass is 206 g/mol. The Kier molecular flexibility index (Phi) is 10.7. The first-order valence-corrected chi connectivity index (χ1v) is 6.38. The lowest BCUT2D eigenvalue weighted by molar-refractivity contribution is 0.945. The van der Waals surface area contributed by atoms with E-state index in [9.17, 15) is 0 Å². The Morgan fingerprint density at radius 1 is 0.733 bits per heavy atom. The van der Waals surface area contributed by atoms with Gasteiger partial charge in [0, 0.05) is 0 Å². The first-order chi connectivity index (χ1) is 7.35. The van der Waals surface area contributed by atoms with Crippen LogP contribution in [0.15, 0.2) is 36.0 Å². The SMILES string of the molecule is CCCC=C(/C=C/CCC)/C=C/CCC. The van der Waals surface area contributed by atoms with E-state index in [0.717, 1.165) is 0 Å². The highest BCUT2D eigenvalue weighted by Gasteiger charge is 1.85. The summed E-state index contributed by atoms with van der Waals surface area (Å²) >= 11 is 0. The molecule has 0 aliphatic carbocycles. The van der Waals surface area contributed by atoms with E-state index in [4.69, 9.17) is 0 Å². The summed E-state index contributed by atoms with van der Waals surface area (Å²) in [6.45, 7) is 6.65. The van der Waals surface area contributed by atoms with Crippen LogP contribution in [0.4, 0.5) is 0 Å². The van der Waals surface area contributed by atoms with Crippen molar-refractivity contribution in [3.05, 3.63) is 36.0 Å². The molecule has 0 spiro atoms. The van der Waals surface area contributed by atoms with Gasteiger partial charge in [0.05, 0.1) is 0 Å². The number of allylic oxidation sites excluding steroid dienone is 6. The van der Waals surface area contributed by atoms with Crippen LogP contribution in [0.3, 0.4) is 0 Å². The Morgan fingerprint density at radius 3 is 1.60 bits per heavy atom. The van der Waals surface area contributed by atoms with Crippen molar-refractivity contribution in [1.82, 2.24) is 0 Å². The van der Waals surface area contributed by atoms with Crippen molar-refractivity contribution in [2.24, 2.45) is 0 Å². The molecule has 0 aliphatic heterocycles. The van der Waals surface area contributed by atoms with Crippen LogP contribution in [0.1, 0.15) is 59.3 Å². The van der Waals surface area contributed by atoms with Crippen LogP contribution >= 0.6 is 0 Å². The Hall–Kier alpha value is -0.780. The molecular formula is C15H26. The van der Waals surface area contributed by atoms with Crippen LogP contribution in [0.5, 0.6) is 0 Å². The van der Waals surface area contributed by atoms with Crippen LogP contribution < -0.4 is 0 Å². The molecule has 0 radical (unpaired) electrons. The largest absolute Gasteiger partial charge is 0.0840 e. The molecule has 0 aromatic heterocycles. The predicted molar refractivity (Wildman–Crippen MR) is 71.1 cm³/mol. The molecule has 0 nitrogen and oxygen atoms in total. The molecule has 86 valence electrons. The molecule has 0 amide bonds. The molecule has 0 saturated heterocycles. The maximum Gasteiger partial charge on any atom is -0.0303 e. The maximum atomic E-state index is 2.33. The van der Waals surface area contributed by atoms with E-state index in [1.807, 2.05) is 0 Å². The van der Waals surface area contributed by atoms with Gasteiger partial charge in [-0.2, -0.15) is 0 Å². The molecule has 0 heterocycles. The van der Waals surface area contributed by atoms with E-state index in [2.05, 4.69) is 51.2 Å². The highest BCUT2D eigenvalue weighted by atomic mass is 13.9. The van der Waals surface area contributed by atoms with Crippen molar-refractivity contribution >= 4 is 0 Å². The average molecular weight is 206 g/mol. The Morgan fingerprint density at radius 2 is 1.20 bits per heavy atom. The molecule has 0 saturated carbocycles. The summed E-state index contributed by atoms with van der Waals surface area (Å²) in [6.07, 6.45) is 18.6. The fourth-order valence-electron chi connectivity index (χ4n) is 1.27. The van der Waals surface area contributed by atoms with Gasteiger partial charge in [-0.1, -0.05) is 70.4 Å². The molecule has 0 aromatic rings. The first-order valence-electron chi connectivity index (χ1n) is 6.38. The average Bonchev–Trinajstić information content (AvgIpc) is 2.25. The molecule has 15 heavy (non-hydrogen) atoms. The second-order valence-electron chi connectivity index (χ2n) is 3.87. The van der Waals surface area contributed by atoms with Gasteiger partial charge in [-0.05, 0) is 24.8 Å². The van der Waals surface area contributed by atoms with E-state index in [0.29, 0.717) is 0 Å². The minimum atomic E-state index is 1.18. The smallest absolute Gasteiger partial charge is 0.0303 e. The Bertz CT molecular complexity index is 188. The van der Waals surface area contributed by atoms with Gasteiger partial charge in [0.2, 0.25) is 0 Å². The molecule has 0 rings (SSSR count). The summed E-state index contributed by atoms with van der Waals surface area (Å²) in [4.78, 5) is 0. The third-order valence-corrected chi connectivity index (χ3v) is 2.20. The Labute approximate surface area is 95.8 Å². The number of hydrogen-bond donors (Lipinski definition) is 0. The van der Waals surface area contributed by atoms with Gasteiger partial charge in [-0.3, -0.25) is 0 Å². The summed E-state index contributed by atoms with van der Waals surface area (Å²) in [6, 6.07) is 0. The third kappa shape index (κ3) is 9.52. The normalized spacial score (nSPS) is 11.4. The lowest BCUT2D eigenvalue weighted by atomic mass is 10.1. The van der Waals surface area contributed by atoms with Gasteiger partial charge in [-0.25, -0.2) is 0 Å². The standard InChI is InChI=1S/C15H26/c1-4-7-10-13-15(12-9-6-3)14-11-8-5-2/h10-14H,4-9H2,1-3H3/b13-10+,14-11+. The van der Waals surface area contributed by atoms with Crippen molar-refractivity contribution in [3.63, 3.8) is 0 Å². The van der Waals surface area contributed by atoms with Crippen molar-refractivity contribution in [2.45, 2.75) is 59.3 Å². The van der Waals surface area contributed by atoms with Gasteiger partial charge in [0.15, 0.2) is 0 Å². The maximum absolute atomic E-state index is 2.33. The van der Waals surface area contributed by atoms with E-state index in [-0.39, 0.29) is 0 Å². The zero-order valence-corrected chi connectivity index (χ0v) is 10.6. The second kappa shape index (κ2) is 11.3. The summed E-state index contributed by atoms with van der Waals surface area (Å²) in [5.41, 5.74) is 1.37. The van der Waals surface area contributed by atoms with Gasteiger partial charge >= 0.3 is 0 Å². The second-order valence-corrected chi connectivity index (χ2v) is 3.87. The Balaban J connectivity index is 4.17. The predicted octanol–water partition coefficient (Wildman–Crippen LogP) is 5.43. The van der Waals surface area contributed by atoms with Crippen LogP contribution in [0, 0.1) is 0 Å². The van der Waals surface area contributed by atoms with E-state index in [1.165, 1.54) is 44.1 Å². The van der Waals surface area contributed by atoms with E-state index in [1.54, 1.807) is 0 Å². The third-order valence-electron chi connectivity index (χ3n) is 2.20. The van der Waals surface area contributed by atoms with Gasteiger partial charge < -0.3 is 0 Å². The van der Waals surface area contributed by atoms with Crippen LogP contribution in [0.2, 0.25) is 0 Å². The van der Waals surface area contributed by atoms with Crippen molar-refractivity contribution < 1.29 is 0 Å². The van der Waals surface area contributed by atoms with Crippen molar-refractivity contribution in [3.8, 4) is 0 Å². The topological polar surface area (TPSA) is 0 Å². The fraction of sp³-hybridized carbons (Fsp3) is 0.600. The molecule has 0 bridgehead atoms. The molecule has 0 aliphatic rings.